The highest BCUT2D eigenvalue weighted by Gasteiger charge is 2.27. The van der Waals surface area contributed by atoms with Gasteiger partial charge in [-0.1, -0.05) is 11.6 Å². The minimum Gasteiger partial charge on any atom is -0.394 e. The van der Waals surface area contributed by atoms with Crippen LogP contribution in [0.1, 0.15) is 16.6 Å². The summed E-state index contributed by atoms with van der Waals surface area (Å²) < 4.78 is 6.07. The van der Waals surface area contributed by atoms with Gasteiger partial charge in [0.15, 0.2) is 5.78 Å². The first kappa shape index (κ1) is 14.0. The van der Waals surface area contributed by atoms with Crippen molar-refractivity contribution in [2.24, 2.45) is 0 Å². The van der Waals surface area contributed by atoms with Gasteiger partial charge >= 0.3 is 0 Å². The van der Waals surface area contributed by atoms with Crippen LogP contribution in [0.25, 0.3) is 0 Å². The Hall–Kier alpha value is -0.460. The summed E-state index contributed by atoms with van der Waals surface area (Å²) in [5.74, 6) is 0.0670. The van der Waals surface area contributed by atoms with Crippen LogP contribution < -0.4 is 0 Å². The Bertz CT molecular complexity index is 423. The van der Waals surface area contributed by atoms with Crippen molar-refractivity contribution < 1.29 is 14.6 Å². The van der Waals surface area contributed by atoms with Gasteiger partial charge in [0.25, 0.3) is 0 Å². The van der Waals surface area contributed by atoms with Crippen molar-refractivity contribution >= 4 is 28.7 Å². The molecule has 1 aliphatic rings. The summed E-state index contributed by atoms with van der Waals surface area (Å²) in [7, 11) is 0. The number of ether oxygens (including phenoxy) is 1. The number of hydrogen-bond acceptors (Lipinski definition) is 5. The molecule has 0 spiro atoms. The van der Waals surface area contributed by atoms with Gasteiger partial charge in [0.2, 0.25) is 0 Å². The lowest BCUT2D eigenvalue weighted by molar-refractivity contribution is -0.0747. The Morgan fingerprint density at radius 1 is 1.67 bits per heavy atom. The zero-order valence-corrected chi connectivity index (χ0v) is 11.7. The highest BCUT2D eigenvalue weighted by atomic mass is 35.5. The molecule has 2 unspecified atom stereocenters. The summed E-state index contributed by atoms with van der Waals surface area (Å²) in [6.45, 7) is 3.48. The van der Waals surface area contributed by atoms with Gasteiger partial charge in [-0.15, -0.1) is 11.3 Å². The quantitative estimate of drug-likeness (QED) is 0.857. The average molecular weight is 290 g/mol. The van der Waals surface area contributed by atoms with Crippen LogP contribution in [-0.2, 0) is 4.74 Å². The van der Waals surface area contributed by atoms with Crippen molar-refractivity contribution in [2.45, 2.75) is 19.1 Å². The number of carbonyl (C=O) groups is 1. The van der Waals surface area contributed by atoms with Crippen molar-refractivity contribution in [3.05, 3.63) is 21.3 Å². The van der Waals surface area contributed by atoms with Gasteiger partial charge in [0, 0.05) is 12.6 Å². The summed E-state index contributed by atoms with van der Waals surface area (Å²) in [5.41, 5.74) is 0. The van der Waals surface area contributed by atoms with Crippen molar-refractivity contribution in [3.63, 3.8) is 0 Å². The van der Waals surface area contributed by atoms with Gasteiger partial charge in [-0.05, 0) is 19.1 Å². The van der Waals surface area contributed by atoms with Crippen LogP contribution >= 0.6 is 22.9 Å². The molecule has 0 amide bonds. The molecule has 6 heteroatoms. The van der Waals surface area contributed by atoms with Gasteiger partial charge < -0.3 is 9.84 Å². The molecule has 0 aromatic carbocycles. The Morgan fingerprint density at radius 3 is 3.06 bits per heavy atom. The fourth-order valence-corrected chi connectivity index (χ4v) is 2.91. The van der Waals surface area contributed by atoms with Crippen molar-refractivity contribution in [1.82, 2.24) is 4.90 Å². The van der Waals surface area contributed by atoms with E-state index in [9.17, 15) is 4.79 Å². The van der Waals surface area contributed by atoms with E-state index in [0.717, 1.165) is 0 Å². The summed E-state index contributed by atoms with van der Waals surface area (Å²) in [4.78, 5) is 14.8. The first-order chi connectivity index (χ1) is 8.60. The summed E-state index contributed by atoms with van der Waals surface area (Å²) in [6.07, 6.45) is -0.194. The maximum absolute atomic E-state index is 12.1. The Morgan fingerprint density at radius 2 is 2.44 bits per heavy atom. The lowest BCUT2D eigenvalue weighted by Crippen LogP contribution is -2.51. The van der Waals surface area contributed by atoms with Crippen LogP contribution in [0.4, 0.5) is 0 Å². The second kappa shape index (κ2) is 6.12. The van der Waals surface area contributed by atoms with Crippen molar-refractivity contribution in [3.8, 4) is 0 Å². The molecule has 2 rings (SSSR count). The molecule has 2 atom stereocenters. The molecule has 2 heterocycles. The van der Waals surface area contributed by atoms with Crippen molar-refractivity contribution in [2.75, 3.05) is 26.3 Å². The third-order valence-corrected chi connectivity index (χ3v) is 4.31. The molecule has 18 heavy (non-hydrogen) atoms. The molecule has 1 aromatic rings. The molecule has 1 N–H and O–H groups in total. The minimum absolute atomic E-state index is 0.0117. The number of halogens is 1. The number of thiophene rings is 1. The molecular formula is C12H16ClNO3S. The van der Waals surface area contributed by atoms with Crippen LogP contribution in [0.5, 0.6) is 0 Å². The molecule has 1 fully saturated rings. The van der Waals surface area contributed by atoms with Gasteiger partial charge in [-0.3, -0.25) is 9.69 Å². The van der Waals surface area contributed by atoms with Gasteiger partial charge in [0.1, 0.15) is 0 Å². The molecule has 1 aliphatic heterocycles. The molecule has 100 valence electrons. The molecule has 1 saturated heterocycles. The number of Topliss-reactive ketones (excluding diaryl/α,β-unsaturated/α-hetero) is 1. The number of ketones is 1. The van der Waals surface area contributed by atoms with E-state index in [0.29, 0.717) is 28.9 Å². The molecule has 0 saturated carbocycles. The SMILES string of the molecule is CC1COC(CO)CN1CC(=O)c1ccc(Cl)s1. The van der Waals surface area contributed by atoms with Gasteiger partial charge in [-0.25, -0.2) is 0 Å². The first-order valence-electron chi connectivity index (χ1n) is 5.85. The molecule has 1 aromatic heterocycles. The van der Waals surface area contributed by atoms with E-state index < -0.39 is 0 Å². The normalized spacial score (nSPS) is 25.3. The highest BCUT2D eigenvalue weighted by Crippen LogP contribution is 2.22. The second-order valence-electron chi connectivity index (χ2n) is 4.44. The van der Waals surface area contributed by atoms with Crippen LogP contribution in [0.3, 0.4) is 0 Å². The van der Waals surface area contributed by atoms with E-state index in [-0.39, 0.29) is 24.5 Å². The summed E-state index contributed by atoms with van der Waals surface area (Å²) in [6, 6.07) is 3.68. The van der Waals surface area contributed by atoms with E-state index in [2.05, 4.69) is 0 Å². The monoisotopic (exact) mass is 289 g/mol. The minimum atomic E-state index is -0.194. The number of carbonyl (C=O) groups excluding carboxylic acids is 1. The maximum atomic E-state index is 12.1. The van der Waals surface area contributed by atoms with E-state index >= 15 is 0 Å². The van der Waals surface area contributed by atoms with E-state index in [1.54, 1.807) is 12.1 Å². The standard InChI is InChI=1S/C12H16ClNO3S/c1-8-7-17-9(6-15)4-14(8)5-10(16)11-2-3-12(13)18-11/h2-3,8-9,15H,4-7H2,1H3. The maximum Gasteiger partial charge on any atom is 0.186 e. The Balaban J connectivity index is 1.97. The largest absolute Gasteiger partial charge is 0.394 e. The number of morpholine rings is 1. The number of aliphatic hydroxyl groups excluding tert-OH is 1. The lowest BCUT2D eigenvalue weighted by atomic mass is 10.1. The number of hydrogen-bond donors (Lipinski definition) is 1. The van der Waals surface area contributed by atoms with Crippen molar-refractivity contribution in [1.29, 1.82) is 0 Å². The fourth-order valence-electron chi connectivity index (χ4n) is 1.93. The van der Waals surface area contributed by atoms with E-state index in [1.165, 1.54) is 11.3 Å². The third-order valence-electron chi connectivity index (χ3n) is 3.03. The number of nitrogens with zero attached hydrogens (tertiary/aromatic N) is 1. The predicted molar refractivity (Wildman–Crippen MR) is 71.5 cm³/mol. The van der Waals surface area contributed by atoms with Gasteiger partial charge in [-0.2, -0.15) is 0 Å². The zero-order chi connectivity index (χ0) is 13.1. The molecule has 0 radical (unpaired) electrons. The van der Waals surface area contributed by atoms with Crippen LogP contribution in [0.2, 0.25) is 4.34 Å². The van der Waals surface area contributed by atoms with E-state index in [4.69, 9.17) is 21.4 Å². The summed E-state index contributed by atoms with van der Waals surface area (Å²) in [5, 5.41) is 9.10. The first-order valence-corrected chi connectivity index (χ1v) is 7.04. The second-order valence-corrected chi connectivity index (χ2v) is 6.16. The topological polar surface area (TPSA) is 49.8 Å². The Kier molecular flexibility index (Phi) is 4.75. The number of rotatable bonds is 4. The smallest absolute Gasteiger partial charge is 0.186 e. The number of aliphatic hydroxyl groups is 1. The molecule has 4 nitrogen and oxygen atoms in total. The molecule has 0 bridgehead atoms. The van der Waals surface area contributed by atoms with E-state index in [1.807, 2.05) is 11.8 Å². The zero-order valence-electron chi connectivity index (χ0n) is 10.1. The van der Waals surface area contributed by atoms with Crippen LogP contribution in [0.15, 0.2) is 12.1 Å². The summed E-state index contributed by atoms with van der Waals surface area (Å²) >= 11 is 7.12. The van der Waals surface area contributed by atoms with Gasteiger partial charge in [0.05, 0.1) is 35.1 Å². The highest BCUT2D eigenvalue weighted by molar-refractivity contribution is 7.18. The fraction of sp³-hybridized carbons (Fsp3) is 0.583. The third kappa shape index (κ3) is 3.30. The molecule has 0 aliphatic carbocycles. The molecular weight excluding hydrogens is 274 g/mol. The Labute approximate surface area is 115 Å². The van der Waals surface area contributed by atoms with Crippen LogP contribution in [-0.4, -0.2) is 54.2 Å². The lowest BCUT2D eigenvalue weighted by Gasteiger charge is -2.36. The average Bonchev–Trinajstić information content (AvgIpc) is 2.79. The predicted octanol–water partition coefficient (Wildman–Crippen LogP) is 1.67. The van der Waals surface area contributed by atoms with Crippen LogP contribution in [0, 0.1) is 0 Å².